The van der Waals surface area contributed by atoms with Crippen molar-refractivity contribution in [2.75, 3.05) is 4.90 Å². The van der Waals surface area contributed by atoms with E-state index in [0.717, 1.165) is 28.8 Å². The Balaban J connectivity index is 1.43. The van der Waals surface area contributed by atoms with Crippen LogP contribution in [0.15, 0.2) is 84.0 Å². The first-order valence-corrected chi connectivity index (χ1v) is 14.5. The van der Waals surface area contributed by atoms with Gasteiger partial charge in [0.25, 0.3) is 0 Å². The Labute approximate surface area is 232 Å². The maximum Gasteiger partial charge on any atom is 0.241 e. The molecule has 2 atom stereocenters. The number of aryl methyl sites for hydroxylation is 2. The highest BCUT2D eigenvalue weighted by Gasteiger charge is 2.29. The van der Waals surface area contributed by atoms with Gasteiger partial charge in [0.05, 0.1) is 11.4 Å². The summed E-state index contributed by atoms with van der Waals surface area (Å²) in [7, 11) is -2.03. The maximum atomic E-state index is 13.7. The van der Waals surface area contributed by atoms with Crippen molar-refractivity contribution in [1.82, 2.24) is 14.3 Å². The molecular weight excluding hydrogens is 534 g/mol. The van der Waals surface area contributed by atoms with Crippen molar-refractivity contribution >= 4 is 21.6 Å². The zero-order valence-electron chi connectivity index (χ0n) is 22.2. The number of rotatable bonds is 9. The van der Waals surface area contributed by atoms with Gasteiger partial charge < -0.3 is 9.47 Å². The van der Waals surface area contributed by atoms with Crippen molar-refractivity contribution in [2.45, 2.75) is 49.6 Å². The summed E-state index contributed by atoms with van der Waals surface area (Å²) in [5.74, 6) is -0.442. The number of carbonyl (C=O) groups excluding carboxylic acids is 1. The van der Waals surface area contributed by atoms with Crippen molar-refractivity contribution in [3.8, 4) is 0 Å². The molecule has 10 heteroatoms. The maximum absolute atomic E-state index is 13.7. The Morgan fingerprint density at radius 2 is 1.75 bits per heavy atom. The second-order valence-electron chi connectivity index (χ2n) is 10.1. The molecule has 5 rings (SSSR count). The minimum absolute atomic E-state index is 0.0140. The molecule has 0 spiro atoms. The summed E-state index contributed by atoms with van der Waals surface area (Å²) in [6, 6.07) is 16.0. The summed E-state index contributed by atoms with van der Waals surface area (Å²) in [5.41, 5.74) is 3.29. The molecule has 0 saturated carbocycles. The Kier molecular flexibility index (Phi) is 7.82. The Morgan fingerprint density at radius 3 is 2.40 bits per heavy atom. The first kappa shape index (κ1) is 27.7. The van der Waals surface area contributed by atoms with E-state index in [9.17, 15) is 22.0 Å². The summed E-state index contributed by atoms with van der Waals surface area (Å²) in [6.07, 6.45) is 4.91. The van der Waals surface area contributed by atoms with Crippen molar-refractivity contribution in [1.29, 1.82) is 0 Å². The molecule has 3 aromatic carbocycles. The summed E-state index contributed by atoms with van der Waals surface area (Å²) in [6.45, 7) is 2.15. The summed E-state index contributed by atoms with van der Waals surface area (Å²) < 4.78 is 57.4. The molecule has 0 aliphatic heterocycles. The van der Waals surface area contributed by atoms with Crippen LogP contribution < -0.4 is 9.62 Å². The zero-order chi connectivity index (χ0) is 28.4. The fraction of sp³-hybridized carbons (Fsp3) is 0.267. The molecule has 1 aromatic heterocycles. The highest BCUT2D eigenvalue weighted by molar-refractivity contribution is 7.89. The molecule has 1 aliphatic carbocycles. The number of anilines is 1. The topological polar surface area (TPSA) is 84.3 Å². The van der Waals surface area contributed by atoms with Crippen LogP contribution in [0.25, 0.3) is 0 Å². The third-order valence-corrected chi connectivity index (χ3v) is 8.87. The van der Waals surface area contributed by atoms with Crippen LogP contribution in [-0.2, 0) is 34.8 Å². The molecule has 0 unspecified atom stereocenters. The van der Waals surface area contributed by atoms with E-state index < -0.39 is 21.9 Å². The molecule has 1 amide bonds. The number of hydrogen-bond donors (Lipinski definition) is 1. The van der Waals surface area contributed by atoms with Crippen LogP contribution in [-0.4, -0.2) is 23.9 Å². The molecule has 4 aromatic rings. The van der Waals surface area contributed by atoms with Crippen molar-refractivity contribution in [3.63, 3.8) is 0 Å². The van der Waals surface area contributed by atoms with Crippen molar-refractivity contribution in [3.05, 3.63) is 113 Å². The molecule has 1 N–H and O–H groups in total. The lowest BCUT2D eigenvalue weighted by atomic mass is 9.97. The number of nitrogens with one attached hydrogen (secondary N) is 1. The van der Waals surface area contributed by atoms with Gasteiger partial charge in [0.15, 0.2) is 0 Å². The second kappa shape index (κ2) is 11.3. The molecule has 1 aliphatic rings. The zero-order valence-corrected chi connectivity index (χ0v) is 23.0. The van der Waals surface area contributed by atoms with Gasteiger partial charge in [-0.1, -0.05) is 25.1 Å². The molecule has 0 saturated heterocycles. The Hall–Kier alpha value is -3.89. The number of carbonyl (C=O) groups is 1. The third-order valence-electron chi connectivity index (χ3n) is 7.38. The van der Waals surface area contributed by atoms with E-state index >= 15 is 0 Å². The summed E-state index contributed by atoms with van der Waals surface area (Å²) >= 11 is 0. The number of imidazole rings is 1. The molecule has 7 nitrogen and oxygen atoms in total. The lowest BCUT2D eigenvalue weighted by Crippen LogP contribution is -2.32. The molecule has 0 fully saturated rings. The van der Waals surface area contributed by atoms with Crippen LogP contribution in [0.5, 0.6) is 0 Å². The van der Waals surface area contributed by atoms with E-state index in [4.69, 9.17) is 0 Å². The van der Waals surface area contributed by atoms with Gasteiger partial charge in [-0.2, -0.15) is 0 Å². The lowest BCUT2D eigenvalue weighted by molar-refractivity contribution is -0.119. The fourth-order valence-corrected chi connectivity index (χ4v) is 6.29. The van der Waals surface area contributed by atoms with E-state index in [0.29, 0.717) is 24.4 Å². The molecule has 0 bridgehead atoms. The van der Waals surface area contributed by atoms with Crippen molar-refractivity contribution < 1.29 is 22.0 Å². The predicted octanol–water partition coefficient (Wildman–Crippen LogP) is 5.39. The van der Waals surface area contributed by atoms with Crippen molar-refractivity contribution in [2.24, 2.45) is 7.05 Å². The van der Waals surface area contributed by atoms with Gasteiger partial charge in [0.2, 0.25) is 15.9 Å². The van der Waals surface area contributed by atoms with E-state index in [1.165, 1.54) is 24.3 Å². The molecular formula is C30H30F2N4O3S. The van der Waals surface area contributed by atoms with Crippen LogP contribution in [0.3, 0.4) is 0 Å². The van der Waals surface area contributed by atoms with Gasteiger partial charge in [-0.3, -0.25) is 4.79 Å². The third kappa shape index (κ3) is 5.97. The standard InChI is InChI=1S/C30H30F2N4O3S/c1-20(21-3-7-23(31)8-4-21)17-30(37)36(19-29-33-15-16-35(29)2)25-11-5-22-6-14-28(27(22)18-25)34-40(38,39)26-12-9-24(32)10-13-26/h3-5,7-13,15-16,18,20,28,34H,6,14,17,19H2,1-2H3/t20-,28+/m1/s1. The second-order valence-corrected chi connectivity index (χ2v) is 11.9. The van der Waals surface area contributed by atoms with E-state index in [1.807, 2.05) is 42.9 Å². The average Bonchev–Trinajstić information content (AvgIpc) is 3.52. The molecule has 1 heterocycles. The predicted molar refractivity (Wildman–Crippen MR) is 148 cm³/mol. The van der Waals surface area contributed by atoms with Crippen LogP contribution in [0.2, 0.25) is 0 Å². The average molecular weight is 565 g/mol. The first-order valence-electron chi connectivity index (χ1n) is 13.0. The van der Waals surface area contributed by atoms with Gasteiger partial charge in [0, 0.05) is 37.6 Å². The number of benzene rings is 3. The minimum atomic E-state index is -3.89. The van der Waals surface area contributed by atoms with Crippen LogP contribution >= 0.6 is 0 Å². The molecule has 0 radical (unpaired) electrons. The number of sulfonamides is 1. The highest BCUT2D eigenvalue weighted by atomic mass is 32.2. The normalized spacial score (nSPS) is 15.6. The largest absolute Gasteiger partial charge is 0.337 e. The smallest absolute Gasteiger partial charge is 0.241 e. The van der Waals surface area contributed by atoms with Gasteiger partial charge in [-0.25, -0.2) is 26.9 Å². The lowest BCUT2D eigenvalue weighted by Gasteiger charge is -2.26. The minimum Gasteiger partial charge on any atom is -0.337 e. The van der Waals surface area contributed by atoms with Gasteiger partial charge in [0.1, 0.15) is 17.5 Å². The number of amides is 1. The van der Waals surface area contributed by atoms with Gasteiger partial charge in [-0.15, -0.1) is 0 Å². The first-order chi connectivity index (χ1) is 19.1. The van der Waals surface area contributed by atoms with Gasteiger partial charge in [-0.05, 0) is 84.0 Å². The van der Waals surface area contributed by atoms with E-state index in [-0.39, 0.29) is 35.5 Å². The van der Waals surface area contributed by atoms with Gasteiger partial charge >= 0.3 is 0 Å². The van der Waals surface area contributed by atoms with Crippen LogP contribution in [0, 0.1) is 11.6 Å². The molecule has 40 heavy (non-hydrogen) atoms. The summed E-state index contributed by atoms with van der Waals surface area (Å²) in [4.78, 5) is 19.8. The highest BCUT2D eigenvalue weighted by Crippen LogP contribution is 2.36. The van der Waals surface area contributed by atoms with Crippen LogP contribution in [0.1, 0.15) is 54.2 Å². The van der Waals surface area contributed by atoms with E-state index in [2.05, 4.69) is 9.71 Å². The number of halogens is 2. The van der Waals surface area contributed by atoms with Crippen LogP contribution in [0.4, 0.5) is 14.5 Å². The molecule has 208 valence electrons. The number of fused-ring (bicyclic) bond motifs is 1. The summed E-state index contributed by atoms with van der Waals surface area (Å²) in [5, 5.41) is 0. The quantitative estimate of drug-likeness (QED) is 0.296. The SMILES string of the molecule is C[C@H](CC(=O)N(Cc1nccn1C)c1ccc2c(c1)[C@@H](NS(=O)(=O)c1ccc(F)cc1)CC2)c1ccc(F)cc1. The number of aromatic nitrogens is 2. The Morgan fingerprint density at radius 1 is 1.07 bits per heavy atom. The number of hydrogen-bond acceptors (Lipinski definition) is 4. The monoisotopic (exact) mass is 564 g/mol. The number of nitrogens with zero attached hydrogens (tertiary/aromatic N) is 3. The Bertz CT molecular complexity index is 1620. The van der Waals surface area contributed by atoms with E-state index in [1.54, 1.807) is 23.2 Å². The fourth-order valence-electron chi connectivity index (χ4n) is 5.04.